The van der Waals surface area contributed by atoms with E-state index in [1.807, 2.05) is 0 Å². The maximum Gasteiger partial charge on any atom is 0.0800 e. The highest BCUT2D eigenvalue weighted by atomic mass is 16.3. The molecule has 0 aliphatic heterocycles. The van der Waals surface area contributed by atoms with E-state index in [9.17, 15) is 5.11 Å². The fraction of sp³-hybridized carbons (Fsp3) is 0.600. The van der Waals surface area contributed by atoms with Crippen molar-refractivity contribution in [1.82, 2.24) is 0 Å². The molecule has 0 unspecified atom stereocenters. The molecule has 16 heavy (non-hydrogen) atoms. The monoisotopic (exact) mass is 223 g/mol. The number of aliphatic hydroxyl groups is 1. The Morgan fingerprint density at radius 3 is 2.44 bits per heavy atom. The van der Waals surface area contributed by atoms with Gasteiger partial charge in [0.05, 0.1) is 5.60 Å². The second kappa shape index (κ2) is 7.45. The molecule has 0 aromatic rings. The Balaban J connectivity index is 4.15. The fourth-order valence-corrected chi connectivity index (χ4v) is 1.27. The number of hydrogen-bond donors (Lipinski definition) is 1. The molecule has 0 spiro atoms. The van der Waals surface area contributed by atoms with Gasteiger partial charge in [-0.15, -0.1) is 6.58 Å². The highest BCUT2D eigenvalue weighted by Crippen LogP contribution is 2.15. The molecule has 0 aromatic carbocycles. The predicted octanol–water partition coefficient (Wildman–Crippen LogP) is 4.40. The molecule has 0 saturated carbocycles. The van der Waals surface area contributed by atoms with Crippen molar-refractivity contribution in [1.29, 1.82) is 0 Å². The predicted molar refractivity (Wildman–Crippen MR) is 72.5 cm³/mol. The minimum atomic E-state index is -1.10. The molecule has 2 atom stereocenters. The van der Waals surface area contributed by atoms with Gasteiger partial charge >= 0.3 is 0 Å². The van der Waals surface area contributed by atoms with Gasteiger partial charge in [0.1, 0.15) is 0 Å². The first kappa shape index (κ1) is 13.2. The van der Waals surface area contributed by atoms with E-state index in [-0.39, 0.29) is 0 Å². The van der Waals surface area contributed by atoms with Gasteiger partial charge in [-0.3, -0.25) is 0 Å². The zero-order valence-corrected chi connectivity index (χ0v) is 11.1. The molecule has 0 aromatic heterocycles. The van der Waals surface area contributed by atoms with E-state index in [4.69, 9.17) is 1.37 Å². The Kier molecular flexibility index (Phi) is 6.17. The highest BCUT2D eigenvalue weighted by Gasteiger charge is 2.12. The van der Waals surface area contributed by atoms with Crippen LogP contribution in [0.25, 0.3) is 0 Å². The van der Waals surface area contributed by atoms with Crippen LogP contribution in [0.15, 0.2) is 36.0 Å². The molecule has 0 bridgehead atoms. The number of allylic oxidation sites excluding steroid dienone is 4. The van der Waals surface area contributed by atoms with Crippen LogP contribution in [-0.2, 0) is 0 Å². The summed E-state index contributed by atoms with van der Waals surface area (Å²) >= 11 is 0. The molecule has 0 aliphatic rings. The topological polar surface area (TPSA) is 20.2 Å². The number of hydrogen-bond acceptors (Lipinski definition) is 1. The summed E-state index contributed by atoms with van der Waals surface area (Å²) in [5.41, 5.74) is 1.52. The Morgan fingerprint density at radius 2 is 1.94 bits per heavy atom. The van der Waals surface area contributed by atoms with Crippen molar-refractivity contribution in [2.75, 3.05) is 0 Å². The van der Waals surface area contributed by atoms with Crippen LogP contribution in [0.1, 0.15) is 54.7 Å². The first-order valence-corrected chi connectivity index (χ1v) is 5.86. The van der Waals surface area contributed by atoms with E-state index >= 15 is 0 Å². The molecule has 1 heteroatoms. The maximum atomic E-state index is 9.81. The summed E-state index contributed by atoms with van der Waals surface area (Å²) in [4.78, 5) is 0. The van der Waals surface area contributed by atoms with Crippen LogP contribution in [-0.4, -0.2) is 10.7 Å². The van der Waals surface area contributed by atoms with Gasteiger partial charge in [0, 0.05) is 1.37 Å². The van der Waals surface area contributed by atoms with E-state index < -0.39 is 12.0 Å². The van der Waals surface area contributed by atoms with Gasteiger partial charge in [0.15, 0.2) is 0 Å². The normalized spacial score (nSPS) is 18.3. The molecule has 0 amide bonds. The second-order valence-electron chi connectivity index (χ2n) is 4.74. The van der Waals surface area contributed by atoms with Crippen molar-refractivity contribution >= 4 is 0 Å². The largest absolute Gasteiger partial charge is 0.386 e. The molecule has 0 saturated heterocycles. The lowest BCUT2D eigenvalue weighted by Gasteiger charge is -2.16. The van der Waals surface area contributed by atoms with Crippen LogP contribution in [0.5, 0.6) is 0 Å². The second-order valence-corrected chi connectivity index (χ2v) is 4.74. The smallest absolute Gasteiger partial charge is 0.0800 e. The summed E-state index contributed by atoms with van der Waals surface area (Å²) in [6.07, 6.45) is 7.80. The minimum Gasteiger partial charge on any atom is -0.386 e. The molecule has 0 fully saturated rings. The van der Waals surface area contributed by atoms with Gasteiger partial charge in [-0.05, 0) is 53.4 Å². The average Bonchev–Trinajstić information content (AvgIpc) is 2.25. The average molecular weight is 223 g/mol. The van der Waals surface area contributed by atoms with Gasteiger partial charge in [-0.2, -0.15) is 0 Å². The van der Waals surface area contributed by atoms with Crippen LogP contribution in [0, 0.1) is 0 Å². The molecular formula is C15H26O. The van der Waals surface area contributed by atoms with Crippen LogP contribution in [0.2, 0.25) is 0 Å². The van der Waals surface area contributed by atoms with E-state index in [0.29, 0.717) is 6.42 Å². The molecule has 92 valence electrons. The van der Waals surface area contributed by atoms with Crippen LogP contribution >= 0.6 is 0 Å². The van der Waals surface area contributed by atoms with E-state index in [2.05, 4.69) is 39.5 Å². The quantitative estimate of drug-likeness (QED) is 0.634. The maximum absolute atomic E-state index is 9.81. The molecule has 0 aliphatic carbocycles. The van der Waals surface area contributed by atoms with Crippen LogP contribution in [0.4, 0.5) is 0 Å². The van der Waals surface area contributed by atoms with Crippen molar-refractivity contribution < 1.29 is 6.48 Å². The van der Waals surface area contributed by atoms with Crippen molar-refractivity contribution in [2.45, 2.75) is 59.0 Å². The van der Waals surface area contributed by atoms with Crippen molar-refractivity contribution in [3.05, 3.63) is 36.0 Å². The van der Waals surface area contributed by atoms with Gasteiger partial charge in [-0.25, -0.2) is 0 Å². The molecule has 1 nitrogen and oxygen atoms in total. The Bertz CT molecular complexity index is 296. The Labute approximate surface area is 102 Å². The third-order valence-corrected chi connectivity index (χ3v) is 2.50. The standard InChI is InChI=1S/C15H26O/c1-6-15(5,16)12-8-11-14(4)10-7-9-13(2)3/h6,9,11,16H,1,7-8,10,12H2,2-5H3/b14-11+/t15-/m0/s1/i12D/t12-,15-. The fourth-order valence-electron chi connectivity index (χ4n) is 1.27. The zero-order valence-electron chi connectivity index (χ0n) is 12.1. The van der Waals surface area contributed by atoms with E-state index in [1.165, 1.54) is 17.2 Å². The van der Waals surface area contributed by atoms with Gasteiger partial charge in [0.25, 0.3) is 0 Å². The first-order chi connectivity index (χ1) is 7.79. The third-order valence-electron chi connectivity index (χ3n) is 2.50. The van der Waals surface area contributed by atoms with Gasteiger partial charge in [-0.1, -0.05) is 29.4 Å². The lowest BCUT2D eigenvalue weighted by atomic mass is 9.99. The zero-order chi connectivity index (χ0) is 13.5. The summed E-state index contributed by atoms with van der Waals surface area (Å²) < 4.78 is 7.84. The summed E-state index contributed by atoms with van der Waals surface area (Å²) in [5, 5.41) is 9.81. The molecule has 0 rings (SSSR count). The van der Waals surface area contributed by atoms with Crippen LogP contribution in [0.3, 0.4) is 0 Å². The van der Waals surface area contributed by atoms with E-state index in [1.54, 1.807) is 6.92 Å². The molecule has 0 heterocycles. The Morgan fingerprint density at radius 1 is 1.31 bits per heavy atom. The third kappa shape index (κ3) is 8.49. The lowest BCUT2D eigenvalue weighted by Crippen LogP contribution is -2.19. The van der Waals surface area contributed by atoms with Crippen molar-refractivity contribution in [3.8, 4) is 0 Å². The SMILES string of the molecule is [2H][C@@H](C/C=C(\C)CCC=C(C)C)[C@@](C)(O)C=C. The summed E-state index contributed by atoms with van der Waals surface area (Å²) in [6, 6.07) is 0. The van der Waals surface area contributed by atoms with Gasteiger partial charge < -0.3 is 5.11 Å². The van der Waals surface area contributed by atoms with Crippen molar-refractivity contribution in [3.63, 3.8) is 0 Å². The van der Waals surface area contributed by atoms with Crippen LogP contribution < -0.4 is 0 Å². The summed E-state index contributed by atoms with van der Waals surface area (Å²) in [7, 11) is 0. The van der Waals surface area contributed by atoms with Crippen molar-refractivity contribution in [2.24, 2.45) is 0 Å². The molecule has 1 N–H and O–H groups in total. The summed E-state index contributed by atoms with van der Waals surface area (Å²) in [5.74, 6) is 0. The lowest BCUT2D eigenvalue weighted by molar-refractivity contribution is 0.103. The minimum absolute atomic E-state index is 0.543. The highest BCUT2D eigenvalue weighted by molar-refractivity contribution is 5.03. The summed E-state index contributed by atoms with van der Waals surface area (Å²) in [6.45, 7) is 11.5. The first-order valence-electron chi connectivity index (χ1n) is 6.44. The number of rotatable bonds is 7. The van der Waals surface area contributed by atoms with E-state index in [0.717, 1.165) is 12.8 Å². The van der Waals surface area contributed by atoms with Gasteiger partial charge in [0.2, 0.25) is 0 Å². The molecule has 0 radical (unpaired) electrons. The Hall–Kier alpha value is -0.820. The molecular weight excluding hydrogens is 196 g/mol.